The molecule has 2 N–H and O–H groups in total. The van der Waals surface area contributed by atoms with Crippen molar-refractivity contribution in [1.82, 2.24) is 4.31 Å². The van der Waals surface area contributed by atoms with E-state index in [-0.39, 0.29) is 17.2 Å². The molecule has 0 saturated carbocycles. The second-order valence-electron chi connectivity index (χ2n) is 5.22. The molecule has 3 rings (SSSR count). The number of nitrogens with two attached hydrogens (primary N) is 1. The molecule has 0 aliphatic carbocycles. The minimum absolute atomic E-state index is 0.0236. The first-order valence-electron chi connectivity index (χ1n) is 7.17. The number of rotatable bonds is 4. The van der Waals surface area contributed by atoms with Gasteiger partial charge in [-0.2, -0.15) is 0 Å². The van der Waals surface area contributed by atoms with Gasteiger partial charge in [0.25, 0.3) is 10.0 Å². The van der Waals surface area contributed by atoms with Crippen LogP contribution in [0.25, 0.3) is 0 Å². The monoisotopic (exact) mass is 366 g/mol. The van der Waals surface area contributed by atoms with Crippen LogP contribution in [0.3, 0.4) is 0 Å². The maximum absolute atomic E-state index is 13.1. The van der Waals surface area contributed by atoms with Crippen molar-refractivity contribution in [1.29, 1.82) is 0 Å². The molecule has 1 atom stereocenters. The number of nitrogens with zero attached hydrogens (tertiary/aromatic N) is 1. The Morgan fingerprint density at radius 3 is 2.50 bits per heavy atom. The third-order valence-corrected chi connectivity index (χ3v) is 6.94. The Labute approximate surface area is 143 Å². The smallest absolute Gasteiger partial charge is 0.268 e. The summed E-state index contributed by atoms with van der Waals surface area (Å²) in [7, 11) is -4.05. The fraction of sp³-hybridized carbons (Fsp3) is 0.188. The van der Waals surface area contributed by atoms with Gasteiger partial charge < -0.3 is 5.73 Å². The van der Waals surface area contributed by atoms with E-state index < -0.39 is 27.1 Å². The van der Waals surface area contributed by atoms with Crippen LogP contribution >= 0.6 is 11.8 Å². The molecule has 1 aliphatic heterocycles. The summed E-state index contributed by atoms with van der Waals surface area (Å²) in [5.74, 6) is -0.872. The predicted octanol–water partition coefficient (Wildman–Crippen LogP) is 2.25. The summed E-state index contributed by atoms with van der Waals surface area (Å²) >= 11 is 1.20. The fourth-order valence-corrected chi connectivity index (χ4v) is 5.86. The average Bonchev–Trinajstić information content (AvgIpc) is 2.98. The van der Waals surface area contributed by atoms with E-state index in [0.29, 0.717) is 11.1 Å². The van der Waals surface area contributed by atoms with Crippen molar-refractivity contribution in [3.63, 3.8) is 0 Å². The Kier molecular flexibility index (Phi) is 4.62. The Morgan fingerprint density at radius 2 is 1.83 bits per heavy atom. The van der Waals surface area contributed by atoms with Gasteiger partial charge in [0.05, 0.1) is 10.6 Å². The molecule has 1 heterocycles. The highest BCUT2D eigenvalue weighted by Crippen LogP contribution is 2.42. The number of halogens is 1. The molecule has 2 aromatic carbocycles. The van der Waals surface area contributed by atoms with Crippen LogP contribution in [0.15, 0.2) is 53.4 Å². The summed E-state index contributed by atoms with van der Waals surface area (Å²) in [6, 6.07) is 11.8. The van der Waals surface area contributed by atoms with Crippen LogP contribution in [0.5, 0.6) is 0 Å². The van der Waals surface area contributed by atoms with Gasteiger partial charge in [-0.15, -0.1) is 11.8 Å². The summed E-state index contributed by atoms with van der Waals surface area (Å²) in [5, 5.41) is -0.714. The number of sulfonamides is 1. The third kappa shape index (κ3) is 2.92. The second-order valence-corrected chi connectivity index (χ2v) is 8.07. The second kappa shape index (κ2) is 6.54. The van der Waals surface area contributed by atoms with Crippen molar-refractivity contribution in [2.45, 2.75) is 16.8 Å². The largest absolute Gasteiger partial charge is 0.326 e. The molecule has 8 heteroatoms. The molecular weight excluding hydrogens is 351 g/mol. The molecule has 0 bridgehead atoms. The van der Waals surface area contributed by atoms with E-state index in [1.807, 2.05) is 0 Å². The van der Waals surface area contributed by atoms with Gasteiger partial charge in [0.1, 0.15) is 11.2 Å². The van der Waals surface area contributed by atoms with Gasteiger partial charge in [0.15, 0.2) is 0 Å². The molecule has 1 saturated heterocycles. The predicted molar refractivity (Wildman–Crippen MR) is 90.0 cm³/mol. The number of hydrogen-bond donors (Lipinski definition) is 1. The number of hydrogen-bond acceptors (Lipinski definition) is 5. The van der Waals surface area contributed by atoms with E-state index >= 15 is 0 Å². The first-order chi connectivity index (χ1) is 11.4. The molecule has 1 aliphatic rings. The van der Waals surface area contributed by atoms with Gasteiger partial charge in [0, 0.05) is 6.54 Å². The zero-order chi connectivity index (χ0) is 17.3. The van der Waals surface area contributed by atoms with Crippen molar-refractivity contribution in [3.05, 3.63) is 65.5 Å². The lowest BCUT2D eigenvalue weighted by molar-refractivity contribution is -0.123. The lowest BCUT2D eigenvalue weighted by atomic mass is 10.2. The quantitative estimate of drug-likeness (QED) is 0.898. The first-order valence-corrected chi connectivity index (χ1v) is 9.66. The zero-order valence-corrected chi connectivity index (χ0v) is 14.2. The molecular formula is C16H15FN2O3S2. The van der Waals surface area contributed by atoms with Crippen LogP contribution in [0, 0.1) is 5.82 Å². The normalized spacial score (nSPS) is 18.2. The van der Waals surface area contributed by atoms with E-state index in [9.17, 15) is 17.6 Å². The van der Waals surface area contributed by atoms with Crippen LogP contribution in [0.4, 0.5) is 4.39 Å². The van der Waals surface area contributed by atoms with Gasteiger partial charge in [-0.25, -0.2) is 17.1 Å². The lowest BCUT2D eigenvalue weighted by Gasteiger charge is -2.24. The van der Waals surface area contributed by atoms with E-state index in [1.54, 1.807) is 18.2 Å². The van der Waals surface area contributed by atoms with Crippen molar-refractivity contribution >= 4 is 27.7 Å². The molecule has 24 heavy (non-hydrogen) atoms. The molecule has 1 unspecified atom stereocenters. The van der Waals surface area contributed by atoms with Crippen LogP contribution < -0.4 is 5.73 Å². The highest BCUT2D eigenvalue weighted by atomic mass is 32.2. The average molecular weight is 366 g/mol. The Morgan fingerprint density at radius 1 is 1.17 bits per heavy atom. The molecule has 5 nitrogen and oxygen atoms in total. The molecule has 126 valence electrons. The SMILES string of the molecule is NCc1ccccc1S(=O)(=O)N1C(=O)CSC1c1ccc(F)cc1. The van der Waals surface area contributed by atoms with Gasteiger partial charge in [-0.05, 0) is 29.3 Å². The summed E-state index contributed by atoms with van der Waals surface area (Å²) in [6.45, 7) is 0.0474. The molecule has 1 amide bonds. The van der Waals surface area contributed by atoms with Crippen LogP contribution in [0.2, 0.25) is 0 Å². The highest BCUT2D eigenvalue weighted by Gasteiger charge is 2.42. The summed E-state index contributed by atoms with van der Waals surface area (Å²) in [4.78, 5) is 12.3. The van der Waals surface area contributed by atoms with E-state index in [4.69, 9.17) is 5.73 Å². The topological polar surface area (TPSA) is 80.5 Å². The van der Waals surface area contributed by atoms with Gasteiger partial charge in [-0.3, -0.25) is 4.79 Å². The van der Waals surface area contributed by atoms with Crippen LogP contribution in [0.1, 0.15) is 16.5 Å². The summed E-state index contributed by atoms with van der Waals surface area (Å²) < 4.78 is 40.1. The van der Waals surface area contributed by atoms with Gasteiger partial charge >= 0.3 is 0 Å². The summed E-state index contributed by atoms with van der Waals surface area (Å²) in [5.41, 5.74) is 6.63. The number of thioether (sulfide) groups is 1. The maximum atomic E-state index is 13.1. The summed E-state index contributed by atoms with van der Waals surface area (Å²) in [6.07, 6.45) is 0. The zero-order valence-electron chi connectivity index (χ0n) is 12.6. The fourth-order valence-electron chi connectivity index (χ4n) is 2.56. The minimum atomic E-state index is -4.05. The Hall–Kier alpha value is -1.90. The number of carbonyl (C=O) groups excluding carboxylic acids is 1. The molecule has 0 aromatic heterocycles. The van der Waals surface area contributed by atoms with Crippen LogP contribution in [-0.2, 0) is 21.4 Å². The van der Waals surface area contributed by atoms with Gasteiger partial charge in [-0.1, -0.05) is 30.3 Å². The molecule has 2 aromatic rings. The van der Waals surface area contributed by atoms with E-state index in [2.05, 4.69) is 0 Å². The van der Waals surface area contributed by atoms with E-state index in [0.717, 1.165) is 4.31 Å². The van der Waals surface area contributed by atoms with Crippen molar-refractivity contribution in [2.75, 3.05) is 5.75 Å². The van der Waals surface area contributed by atoms with Crippen LogP contribution in [-0.4, -0.2) is 24.4 Å². The van der Waals surface area contributed by atoms with Gasteiger partial charge in [0.2, 0.25) is 5.91 Å². The molecule has 0 radical (unpaired) electrons. The minimum Gasteiger partial charge on any atom is -0.326 e. The van der Waals surface area contributed by atoms with E-state index in [1.165, 1.54) is 42.1 Å². The van der Waals surface area contributed by atoms with Crippen molar-refractivity contribution in [3.8, 4) is 0 Å². The molecule has 1 fully saturated rings. The standard InChI is InChI=1S/C16H15FN2O3S2/c17-13-7-5-11(6-8-13)16-19(15(20)10-23-16)24(21,22)14-4-2-1-3-12(14)9-18/h1-8,16H,9-10,18H2. The Bertz CT molecular complexity index is 869. The number of amides is 1. The number of carbonyl (C=O) groups is 1. The van der Waals surface area contributed by atoms with Crippen molar-refractivity contribution < 1.29 is 17.6 Å². The first kappa shape index (κ1) is 16.9. The maximum Gasteiger partial charge on any atom is 0.268 e. The number of benzene rings is 2. The van der Waals surface area contributed by atoms with Crippen molar-refractivity contribution in [2.24, 2.45) is 5.73 Å². The third-order valence-electron chi connectivity index (χ3n) is 3.71. The lowest BCUT2D eigenvalue weighted by Crippen LogP contribution is -2.35. The molecule has 0 spiro atoms. The highest BCUT2D eigenvalue weighted by molar-refractivity contribution is 8.02. The Balaban J connectivity index is 2.07.